The highest BCUT2D eigenvalue weighted by Gasteiger charge is 2.29. The molecule has 2 aromatic heterocycles. The van der Waals surface area contributed by atoms with E-state index in [1.165, 1.54) is 42.9 Å². The van der Waals surface area contributed by atoms with Crippen LogP contribution >= 0.6 is 0 Å². The van der Waals surface area contributed by atoms with Crippen molar-refractivity contribution < 1.29 is 14.0 Å². The number of benzene rings is 1. The molecule has 30 heavy (non-hydrogen) atoms. The Bertz CT molecular complexity index is 1180. The van der Waals surface area contributed by atoms with E-state index in [1.807, 2.05) is 6.07 Å². The lowest BCUT2D eigenvalue weighted by Crippen LogP contribution is -2.16. The highest BCUT2D eigenvalue weighted by Crippen LogP contribution is 2.31. The molecule has 3 aromatic rings. The standard InChI is InChI=1S/C22H16FN5O2/c23-16-3-4-17(15(9-16)11-24)18-6-7-25-12-19(18)27-22(30)14-5-8-26-20(10-14)28-21(29)13-1-2-13/h3-10,12-13H,1-2H2,(H,27,30)(H,26,28,29). The van der Waals surface area contributed by atoms with E-state index < -0.39 is 11.7 Å². The van der Waals surface area contributed by atoms with Gasteiger partial charge in [0.15, 0.2) is 0 Å². The molecule has 148 valence electrons. The zero-order valence-corrected chi connectivity index (χ0v) is 15.7. The molecule has 1 aromatic carbocycles. The molecule has 1 fully saturated rings. The first-order valence-electron chi connectivity index (χ1n) is 9.27. The van der Waals surface area contributed by atoms with E-state index in [0.717, 1.165) is 18.9 Å². The predicted octanol–water partition coefficient (Wildman–Crippen LogP) is 3.76. The molecule has 0 saturated heterocycles. The summed E-state index contributed by atoms with van der Waals surface area (Å²) in [5, 5.41) is 14.8. The zero-order valence-electron chi connectivity index (χ0n) is 15.7. The molecule has 0 unspecified atom stereocenters. The summed E-state index contributed by atoms with van der Waals surface area (Å²) in [7, 11) is 0. The Morgan fingerprint density at radius 1 is 1.07 bits per heavy atom. The first-order valence-corrected chi connectivity index (χ1v) is 9.27. The Labute approximate surface area is 171 Å². The number of rotatable bonds is 5. The summed E-state index contributed by atoms with van der Waals surface area (Å²) < 4.78 is 13.5. The van der Waals surface area contributed by atoms with Crippen molar-refractivity contribution in [1.29, 1.82) is 5.26 Å². The van der Waals surface area contributed by atoms with Gasteiger partial charge in [0.1, 0.15) is 11.6 Å². The lowest BCUT2D eigenvalue weighted by molar-refractivity contribution is -0.117. The van der Waals surface area contributed by atoms with Gasteiger partial charge in [-0.15, -0.1) is 0 Å². The average Bonchev–Trinajstić information content (AvgIpc) is 3.60. The van der Waals surface area contributed by atoms with Crippen molar-refractivity contribution in [2.75, 3.05) is 10.6 Å². The number of nitriles is 1. The summed E-state index contributed by atoms with van der Waals surface area (Å²) in [4.78, 5) is 32.8. The third-order valence-electron chi connectivity index (χ3n) is 4.68. The Kier molecular flexibility index (Phi) is 5.18. The third-order valence-corrected chi connectivity index (χ3v) is 4.68. The number of amides is 2. The van der Waals surface area contributed by atoms with Gasteiger partial charge in [-0.05, 0) is 43.2 Å². The van der Waals surface area contributed by atoms with Gasteiger partial charge >= 0.3 is 0 Å². The number of pyridine rings is 2. The lowest BCUT2D eigenvalue weighted by Gasteiger charge is -2.12. The first-order chi connectivity index (χ1) is 14.5. The minimum atomic E-state index is -0.521. The van der Waals surface area contributed by atoms with E-state index in [1.54, 1.807) is 6.07 Å². The molecule has 7 nitrogen and oxygen atoms in total. The predicted molar refractivity (Wildman–Crippen MR) is 108 cm³/mol. The van der Waals surface area contributed by atoms with Crippen molar-refractivity contribution >= 4 is 23.3 Å². The molecule has 0 atom stereocenters. The molecule has 0 radical (unpaired) electrons. The molecule has 1 aliphatic rings. The minimum absolute atomic E-state index is 0.0206. The second-order valence-electron chi connectivity index (χ2n) is 6.87. The van der Waals surface area contributed by atoms with Crippen LogP contribution < -0.4 is 10.6 Å². The van der Waals surface area contributed by atoms with E-state index in [2.05, 4.69) is 20.6 Å². The summed E-state index contributed by atoms with van der Waals surface area (Å²) in [6.45, 7) is 0. The van der Waals surface area contributed by atoms with Crippen molar-refractivity contribution in [2.45, 2.75) is 12.8 Å². The fourth-order valence-electron chi connectivity index (χ4n) is 2.98. The smallest absolute Gasteiger partial charge is 0.255 e. The second-order valence-corrected chi connectivity index (χ2v) is 6.87. The largest absolute Gasteiger partial charge is 0.320 e. The van der Waals surface area contributed by atoms with E-state index in [4.69, 9.17) is 0 Å². The average molecular weight is 401 g/mol. The summed E-state index contributed by atoms with van der Waals surface area (Å²) in [6.07, 6.45) is 6.14. The molecule has 1 saturated carbocycles. The van der Waals surface area contributed by atoms with Gasteiger partial charge in [0.2, 0.25) is 5.91 Å². The van der Waals surface area contributed by atoms with Crippen LogP contribution in [-0.4, -0.2) is 21.8 Å². The number of carbonyl (C=O) groups excluding carboxylic acids is 2. The quantitative estimate of drug-likeness (QED) is 0.677. The highest BCUT2D eigenvalue weighted by atomic mass is 19.1. The maximum absolute atomic E-state index is 13.5. The maximum atomic E-state index is 13.5. The van der Waals surface area contributed by atoms with Crippen LogP contribution in [0.15, 0.2) is 55.0 Å². The van der Waals surface area contributed by atoms with Gasteiger partial charge in [0.05, 0.1) is 23.5 Å². The van der Waals surface area contributed by atoms with Crippen molar-refractivity contribution in [1.82, 2.24) is 9.97 Å². The van der Waals surface area contributed by atoms with Crippen LogP contribution in [0.2, 0.25) is 0 Å². The fourth-order valence-corrected chi connectivity index (χ4v) is 2.98. The minimum Gasteiger partial charge on any atom is -0.320 e. The van der Waals surface area contributed by atoms with E-state index in [-0.39, 0.29) is 17.4 Å². The summed E-state index contributed by atoms with van der Waals surface area (Å²) in [6, 6.07) is 10.5. The maximum Gasteiger partial charge on any atom is 0.255 e. The van der Waals surface area contributed by atoms with Gasteiger partial charge in [-0.3, -0.25) is 14.6 Å². The molecular formula is C22H16FN5O2. The fraction of sp³-hybridized carbons (Fsp3) is 0.136. The Morgan fingerprint density at radius 3 is 2.67 bits per heavy atom. The van der Waals surface area contributed by atoms with Crippen LogP contribution in [0.25, 0.3) is 11.1 Å². The van der Waals surface area contributed by atoms with Crippen LogP contribution in [0, 0.1) is 23.1 Å². The number of aromatic nitrogens is 2. The number of nitrogens with zero attached hydrogens (tertiary/aromatic N) is 3. The summed E-state index contributed by atoms with van der Waals surface area (Å²) >= 11 is 0. The lowest BCUT2D eigenvalue weighted by atomic mass is 9.99. The highest BCUT2D eigenvalue weighted by molar-refractivity contribution is 6.07. The summed E-state index contributed by atoms with van der Waals surface area (Å²) in [5.74, 6) is -0.736. The number of carbonyl (C=O) groups is 2. The first kappa shape index (κ1) is 19.2. The molecule has 1 aliphatic carbocycles. The number of anilines is 2. The number of nitrogens with one attached hydrogen (secondary N) is 2. The van der Waals surface area contributed by atoms with Crippen LogP contribution in [0.3, 0.4) is 0 Å². The Morgan fingerprint density at radius 2 is 1.90 bits per heavy atom. The van der Waals surface area contributed by atoms with Crippen LogP contribution in [0.5, 0.6) is 0 Å². The van der Waals surface area contributed by atoms with Crippen molar-refractivity contribution in [3.63, 3.8) is 0 Å². The zero-order chi connectivity index (χ0) is 21.1. The molecule has 2 N–H and O–H groups in total. The van der Waals surface area contributed by atoms with E-state index in [9.17, 15) is 19.2 Å². The normalized spacial score (nSPS) is 12.7. The molecule has 2 heterocycles. The third kappa shape index (κ3) is 4.15. The van der Waals surface area contributed by atoms with Gasteiger partial charge in [0, 0.05) is 35.0 Å². The SMILES string of the molecule is N#Cc1cc(F)ccc1-c1ccncc1NC(=O)c1ccnc(NC(=O)C2CC2)c1. The number of hydrogen-bond acceptors (Lipinski definition) is 5. The van der Waals surface area contributed by atoms with Crippen LogP contribution in [0.4, 0.5) is 15.9 Å². The molecule has 8 heteroatoms. The second kappa shape index (κ2) is 8.09. The van der Waals surface area contributed by atoms with Crippen LogP contribution in [0.1, 0.15) is 28.8 Å². The van der Waals surface area contributed by atoms with Crippen molar-refractivity contribution in [2.24, 2.45) is 5.92 Å². The van der Waals surface area contributed by atoms with Crippen molar-refractivity contribution in [3.05, 3.63) is 71.9 Å². The Balaban J connectivity index is 1.59. The van der Waals surface area contributed by atoms with Gasteiger partial charge in [-0.25, -0.2) is 9.37 Å². The van der Waals surface area contributed by atoms with Gasteiger partial charge in [-0.2, -0.15) is 5.26 Å². The topological polar surface area (TPSA) is 108 Å². The van der Waals surface area contributed by atoms with Gasteiger partial charge in [-0.1, -0.05) is 6.07 Å². The van der Waals surface area contributed by atoms with Gasteiger partial charge in [0.25, 0.3) is 5.91 Å². The number of halogens is 1. The molecule has 4 rings (SSSR count). The molecule has 0 spiro atoms. The van der Waals surface area contributed by atoms with E-state index in [0.29, 0.717) is 28.2 Å². The van der Waals surface area contributed by atoms with Crippen LogP contribution in [-0.2, 0) is 4.79 Å². The van der Waals surface area contributed by atoms with Gasteiger partial charge < -0.3 is 10.6 Å². The molecule has 0 aliphatic heterocycles. The monoisotopic (exact) mass is 401 g/mol. The molecular weight excluding hydrogens is 385 g/mol. The summed E-state index contributed by atoms with van der Waals surface area (Å²) in [5.41, 5.74) is 1.82. The molecule has 0 bridgehead atoms. The van der Waals surface area contributed by atoms with Crippen molar-refractivity contribution in [3.8, 4) is 17.2 Å². The molecule has 2 amide bonds. The van der Waals surface area contributed by atoms with E-state index >= 15 is 0 Å². The number of hydrogen-bond donors (Lipinski definition) is 2. The Hall–Kier alpha value is -4.12.